The number of rotatable bonds is 9. The number of carbonyl (C=O) groups excluding carboxylic acids is 1. The fourth-order valence-corrected chi connectivity index (χ4v) is 4.45. The number of hydrogen-bond acceptors (Lipinski definition) is 5. The van der Waals surface area contributed by atoms with Gasteiger partial charge in [-0.2, -0.15) is 4.31 Å². The molecule has 1 saturated heterocycles. The van der Waals surface area contributed by atoms with Crippen LogP contribution in [0.5, 0.6) is 5.75 Å². The third-order valence-corrected chi connectivity index (χ3v) is 6.54. The Kier molecular flexibility index (Phi) is 8.07. The van der Waals surface area contributed by atoms with Gasteiger partial charge in [-0.1, -0.05) is 26.0 Å². The Morgan fingerprint density at radius 1 is 1.22 bits per heavy atom. The van der Waals surface area contributed by atoms with Crippen molar-refractivity contribution in [3.05, 3.63) is 29.8 Å². The molecule has 0 atom stereocenters. The van der Waals surface area contributed by atoms with E-state index in [1.165, 1.54) is 11.4 Å². The van der Waals surface area contributed by atoms with Gasteiger partial charge >= 0.3 is 0 Å². The van der Waals surface area contributed by atoms with Crippen LogP contribution in [0.1, 0.15) is 30.6 Å². The van der Waals surface area contributed by atoms with Gasteiger partial charge < -0.3 is 15.0 Å². The summed E-state index contributed by atoms with van der Waals surface area (Å²) < 4.78 is 32.1. The molecule has 1 amide bonds. The van der Waals surface area contributed by atoms with E-state index in [2.05, 4.69) is 19.2 Å². The number of piperazine rings is 1. The second-order valence-electron chi connectivity index (χ2n) is 7.14. The minimum atomic E-state index is -3.38. The molecule has 0 aromatic heterocycles. The Morgan fingerprint density at radius 3 is 2.52 bits per heavy atom. The van der Waals surface area contributed by atoms with Crippen molar-refractivity contribution in [1.82, 2.24) is 14.5 Å². The van der Waals surface area contributed by atoms with E-state index >= 15 is 0 Å². The summed E-state index contributed by atoms with van der Waals surface area (Å²) in [5.74, 6) is 0.666. The van der Waals surface area contributed by atoms with Crippen molar-refractivity contribution < 1.29 is 17.9 Å². The van der Waals surface area contributed by atoms with E-state index < -0.39 is 10.0 Å². The number of benzene rings is 1. The van der Waals surface area contributed by atoms with E-state index in [4.69, 9.17) is 4.74 Å². The lowest BCUT2D eigenvalue weighted by Crippen LogP contribution is -2.48. The number of nitrogens with one attached hydrogen (secondary N) is 1. The highest BCUT2D eigenvalue weighted by Crippen LogP contribution is 2.20. The van der Waals surface area contributed by atoms with Crippen LogP contribution in [0.25, 0.3) is 0 Å². The SMILES string of the molecule is COc1ccccc1C(=O)N(CCC(C)C)CCS(=O)(=O)N1CCNCC1. The highest BCUT2D eigenvalue weighted by molar-refractivity contribution is 7.89. The number of carbonyl (C=O) groups is 1. The van der Waals surface area contributed by atoms with Crippen LogP contribution in [-0.2, 0) is 10.0 Å². The first-order chi connectivity index (χ1) is 12.8. The largest absolute Gasteiger partial charge is 0.496 e. The van der Waals surface area contributed by atoms with Gasteiger partial charge in [0.1, 0.15) is 5.75 Å². The number of para-hydroxylation sites is 1. The lowest BCUT2D eigenvalue weighted by Gasteiger charge is -2.29. The van der Waals surface area contributed by atoms with Gasteiger partial charge in [0, 0.05) is 39.3 Å². The highest BCUT2D eigenvalue weighted by Gasteiger charge is 2.26. The van der Waals surface area contributed by atoms with Gasteiger partial charge in [-0.25, -0.2) is 8.42 Å². The molecule has 0 aliphatic carbocycles. The maximum Gasteiger partial charge on any atom is 0.257 e. The Labute approximate surface area is 162 Å². The molecule has 1 heterocycles. The smallest absolute Gasteiger partial charge is 0.257 e. The van der Waals surface area contributed by atoms with Crippen LogP contribution in [0.4, 0.5) is 0 Å². The summed E-state index contributed by atoms with van der Waals surface area (Å²) in [5.41, 5.74) is 0.461. The number of nitrogens with zero attached hydrogens (tertiary/aromatic N) is 2. The van der Waals surface area contributed by atoms with Gasteiger partial charge in [-0.3, -0.25) is 4.79 Å². The predicted molar refractivity (Wildman–Crippen MR) is 107 cm³/mol. The van der Waals surface area contributed by atoms with Crippen LogP contribution in [-0.4, -0.2) is 75.7 Å². The van der Waals surface area contributed by atoms with Crippen molar-refractivity contribution in [1.29, 1.82) is 0 Å². The van der Waals surface area contributed by atoms with Gasteiger partial charge in [0.2, 0.25) is 10.0 Å². The van der Waals surface area contributed by atoms with Gasteiger partial charge in [-0.15, -0.1) is 0 Å². The quantitative estimate of drug-likeness (QED) is 0.682. The first kappa shape index (κ1) is 21.7. The van der Waals surface area contributed by atoms with Gasteiger partial charge in [-0.05, 0) is 24.5 Å². The molecule has 0 saturated carbocycles. The number of ether oxygens (including phenoxy) is 1. The van der Waals surface area contributed by atoms with Crippen LogP contribution >= 0.6 is 0 Å². The fourth-order valence-electron chi connectivity index (χ4n) is 3.00. The molecule has 2 rings (SSSR count). The Bertz CT molecular complexity index is 715. The first-order valence-corrected chi connectivity index (χ1v) is 11.1. The zero-order valence-electron chi connectivity index (χ0n) is 16.5. The summed E-state index contributed by atoms with van der Waals surface area (Å²) in [6.07, 6.45) is 0.814. The summed E-state index contributed by atoms with van der Waals surface area (Å²) in [6.45, 7) is 7.16. The zero-order chi connectivity index (χ0) is 19.9. The maximum atomic E-state index is 13.1. The molecule has 0 radical (unpaired) electrons. The van der Waals surface area contributed by atoms with Crippen LogP contribution in [0.2, 0.25) is 0 Å². The molecule has 1 fully saturated rings. The van der Waals surface area contributed by atoms with E-state index in [1.807, 2.05) is 6.07 Å². The van der Waals surface area contributed by atoms with Crippen molar-refractivity contribution in [3.63, 3.8) is 0 Å². The molecule has 0 unspecified atom stereocenters. The third-order valence-electron chi connectivity index (χ3n) is 4.69. The number of sulfonamides is 1. The van der Waals surface area contributed by atoms with Crippen molar-refractivity contribution >= 4 is 15.9 Å². The standard InChI is InChI=1S/C19H31N3O4S/c1-16(2)8-11-21(19(23)17-6-4-5-7-18(17)26-3)14-15-27(24,25)22-12-9-20-10-13-22/h4-7,16,20H,8-15H2,1-3H3. The van der Waals surface area contributed by atoms with Crippen LogP contribution in [0.3, 0.4) is 0 Å². The van der Waals surface area contributed by atoms with E-state index in [0.717, 1.165) is 6.42 Å². The Morgan fingerprint density at radius 2 is 1.89 bits per heavy atom. The van der Waals surface area contributed by atoms with E-state index in [0.29, 0.717) is 50.0 Å². The predicted octanol–water partition coefficient (Wildman–Crippen LogP) is 1.42. The molecular weight excluding hydrogens is 366 g/mol. The molecule has 0 spiro atoms. The molecular formula is C19H31N3O4S. The molecule has 1 aliphatic heterocycles. The molecule has 7 nitrogen and oxygen atoms in total. The molecule has 27 heavy (non-hydrogen) atoms. The van der Waals surface area contributed by atoms with E-state index in [9.17, 15) is 13.2 Å². The second kappa shape index (κ2) is 10.1. The molecule has 152 valence electrons. The monoisotopic (exact) mass is 397 g/mol. The number of hydrogen-bond donors (Lipinski definition) is 1. The van der Waals surface area contributed by atoms with Crippen molar-refractivity contribution in [2.75, 3.05) is 52.1 Å². The lowest BCUT2D eigenvalue weighted by molar-refractivity contribution is 0.0755. The van der Waals surface area contributed by atoms with Crippen LogP contribution < -0.4 is 10.1 Å². The molecule has 1 aliphatic rings. The van der Waals surface area contributed by atoms with Gasteiger partial charge in [0.25, 0.3) is 5.91 Å². The minimum Gasteiger partial charge on any atom is -0.496 e. The normalized spacial score (nSPS) is 15.7. The van der Waals surface area contributed by atoms with Crippen molar-refractivity contribution in [3.8, 4) is 5.75 Å². The number of methoxy groups -OCH3 is 1. The van der Waals surface area contributed by atoms with Gasteiger partial charge in [0.05, 0.1) is 18.4 Å². The summed E-state index contributed by atoms with van der Waals surface area (Å²) >= 11 is 0. The molecule has 8 heteroatoms. The average Bonchev–Trinajstić information content (AvgIpc) is 2.68. The van der Waals surface area contributed by atoms with Crippen molar-refractivity contribution in [2.24, 2.45) is 5.92 Å². The average molecular weight is 398 g/mol. The fraction of sp³-hybridized carbons (Fsp3) is 0.632. The van der Waals surface area contributed by atoms with Crippen LogP contribution in [0, 0.1) is 5.92 Å². The Hall–Kier alpha value is -1.64. The molecule has 1 aromatic rings. The summed E-state index contributed by atoms with van der Waals surface area (Å²) in [7, 11) is -1.85. The Balaban J connectivity index is 2.12. The number of amides is 1. The molecule has 1 N–H and O–H groups in total. The topological polar surface area (TPSA) is 79.0 Å². The van der Waals surface area contributed by atoms with Crippen LogP contribution in [0.15, 0.2) is 24.3 Å². The third kappa shape index (κ3) is 6.19. The summed E-state index contributed by atoms with van der Waals surface area (Å²) in [4.78, 5) is 14.7. The lowest BCUT2D eigenvalue weighted by atomic mass is 10.1. The van der Waals surface area contributed by atoms with E-state index in [-0.39, 0.29) is 18.2 Å². The molecule has 0 bridgehead atoms. The first-order valence-electron chi connectivity index (χ1n) is 9.46. The second-order valence-corrected chi connectivity index (χ2v) is 9.23. The van der Waals surface area contributed by atoms with E-state index in [1.54, 1.807) is 23.1 Å². The van der Waals surface area contributed by atoms with Crippen molar-refractivity contribution in [2.45, 2.75) is 20.3 Å². The van der Waals surface area contributed by atoms with Gasteiger partial charge in [0.15, 0.2) is 0 Å². The summed E-state index contributed by atoms with van der Waals surface area (Å²) in [5, 5.41) is 3.15. The summed E-state index contributed by atoms with van der Waals surface area (Å²) in [6, 6.07) is 7.05. The molecule has 1 aromatic carbocycles. The maximum absolute atomic E-state index is 13.1. The minimum absolute atomic E-state index is 0.0635. The zero-order valence-corrected chi connectivity index (χ0v) is 17.3. The highest BCUT2D eigenvalue weighted by atomic mass is 32.2.